The molecule has 33 heavy (non-hydrogen) atoms. The summed E-state index contributed by atoms with van der Waals surface area (Å²) in [5.41, 5.74) is 1.26. The topological polar surface area (TPSA) is 126 Å². The highest BCUT2D eigenvalue weighted by Crippen LogP contribution is 2.35. The number of benzene rings is 2. The van der Waals surface area contributed by atoms with Gasteiger partial charge in [-0.2, -0.15) is 4.80 Å². The van der Waals surface area contributed by atoms with Crippen LogP contribution in [0.1, 0.15) is 25.6 Å². The Morgan fingerprint density at radius 1 is 1.06 bits per heavy atom. The molecule has 1 amide bonds. The van der Waals surface area contributed by atoms with Crippen LogP contribution >= 0.6 is 0 Å². The Kier molecular flexibility index (Phi) is 6.29. The third kappa shape index (κ3) is 4.97. The Bertz CT molecular complexity index is 1270. The van der Waals surface area contributed by atoms with E-state index < -0.39 is 0 Å². The number of hydrogen-bond acceptors (Lipinski definition) is 9. The van der Waals surface area contributed by atoms with Gasteiger partial charge < -0.3 is 19.5 Å². The van der Waals surface area contributed by atoms with Gasteiger partial charge in [0.25, 0.3) is 0 Å². The molecule has 11 nitrogen and oxygen atoms in total. The molecule has 0 aliphatic carbocycles. The van der Waals surface area contributed by atoms with Gasteiger partial charge in [-0.05, 0) is 35.5 Å². The summed E-state index contributed by atoms with van der Waals surface area (Å²) < 4.78 is 16.6. The van der Waals surface area contributed by atoms with Gasteiger partial charge in [0.15, 0.2) is 17.3 Å². The van der Waals surface area contributed by atoms with E-state index in [4.69, 9.17) is 14.2 Å². The number of carbonyl (C=O) groups is 1. The van der Waals surface area contributed by atoms with Crippen molar-refractivity contribution in [2.45, 2.75) is 26.3 Å². The fourth-order valence-electron chi connectivity index (χ4n) is 3.04. The lowest BCUT2D eigenvalue weighted by molar-refractivity contribution is -0.117. The first kappa shape index (κ1) is 21.9. The summed E-state index contributed by atoms with van der Waals surface area (Å²) in [5, 5.41) is 15.5. The van der Waals surface area contributed by atoms with Gasteiger partial charge in [-0.1, -0.05) is 13.8 Å². The molecule has 170 valence electrons. The third-order valence-electron chi connectivity index (χ3n) is 4.73. The van der Waals surface area contributed by atoms with Crippen molar-refractivity contribution in [3.63, 3.8) is 0 Å². The first-order chi connectivity index (χ1) is 16.0. The number of ether oxygens (including phenoxy) is 3. The number of fused-ring (bicyclic) bond motifs is 1. The highest BCUT2D eigenvalue weighted by Gasteiger charge is 2.13. The summed E-state index contributed by atoms with van der Waals surface area (Å²) in [6.45, 7) is 3.89. The summed E-state index contributed by atoms with van der Waals surface area (Å²) in [5.74, 6) is 2.50. The lowest BCUT2D eigenvalue weighted by Gasteiger charge is -2.12. The summed E-state index contributed by atoms with van der Waals surface area (Å²) in [7, 11) is 3.12. The number of nitrogens with zero attached hydrogens (tertiary/aromatic N) is 6. The normalized spacial score (nSPS) is 10.9. The van der Waals surface area contributed by atoms with E-state index in [1.807, 2.05) is 13.8 Å². The average molecular weight is 449 g/mol. The average Bonchev–Trinajstić information content (AvgIpc) is 3.28. The van der Waals surface area contributed by atoms with E-state index in [0.717, 1.165) is 0 Å². The fraction of sp³-hybridized carbons (Fsp3) is 0.273. The number of aromatic nitrogens is 6. The number of tetrazole rings is 1. The van der Waals surface area contributed by atoms with E-state index in [2.05, 4.69) is 30.7 Å². The van der Waals surface area contributed by atoms with Crippen LogP contribution in [0.4, 0.5) is 5.69 Å². The molecule has 0 saturated heterocycles. The van der Waals surface area contributed by atoms with Crippen molar-refractivity contribution < 1.29 is 19.0 Å². The molecule has 0 fully saturated rings. The zero-order valence-corrected chi connectivity index (χ0v) is 18.6. The van der Waals surface area contributed by atoms with Crippen LogP contribution < -0.4 is 19.5 Å². The van der Waals surface area contributed by atoms with Gasteiger partial charge in [0.1, 0.15) is 18.6 Å². The van der Waals surface area contributed by atoms with Crippen molar-refractivity contribution in [2.75, 3.05) is 19.5 Å². The molecule has 0 aliphatic rings. The van der Waals surface area contributed by atoms with Gasteiger partial charge >= 0.3 is 0 Å². The lowest BCUT2D eigenvalue weighted by atomic mass is 10.2. The summed E-state index contributed by atoms with van der Waals surface area (Å²) >= 11 is 0. The molecule has 2 aromatic carbocycles. The van der Waals surface area contributed by atoms with E-state index >= 15 is 0 Å². The molecule has 0 bridgehead atoms. The molecular formula is C22H23N7O4. The second-order valence-corrected chi connectivity index (χ2v) is 7.41. The van der Waals surface area contributed by atoms with Crippen LogP contribution in [-0.4, -0.2) is 50.3 Å². The molecule has 0 saturated carbocycles. The van der Waals surface area contributed by atoms with Crippen molar-refractivity contribution in [1.29, 1.82) is 0 Å². The van der Waals surface area contributed by atoms with Crippen LogP contribution in [0.2, 0.25) is 0 Å². The molecule has 2 aromatic heterocycles. The van der Waals surface area contributed by atoms with Crippen molar-refractivity contribution in [1.82, 2.24) is 30.2 Å². The van der Waals surface area contributed by atoms with Crippen LogP contribution in [0, 0.1) is 0 Å². The maximum absolute atomic E-state index is 12.3. The monoisotopic (exact) mass is 449 g/mol. The second kappa shape index (κ2) is 9.47. The first-order valence-electron chi connectivity index (χ1n) is 10.2. The van der Waals surface area contributed by atoms with Crippen molar-refractivity contribution in [2.24, 2.45) is 0 Å². The highest BCUT2D eigenvalue weighted by molar-refractivity contribution is 5.90. The number of nitrogens with one attached hydrogen (secondary N) is 1. The van der Waals surface area contributed by atoms with Gasteiger partial charge in [0.05, 0.1) is 25.1 Å². The number of carbonyl (C=O) groups excluding carboxylic acids is 1. The Hall–Kier alpha value is -4.28. The molecule has 0 spiro atoms. The Morgan fingerprint density at radius 3 is 2.45 bits per heavy atom. The van der Waals surface area contributed by atoms with Crippen LogP contribution in [0.3, 0.4) is 0 Å². The standard InChI is InChI=1S/C22H23N7O4/c1-13(2)21-26-28-29(27-21)11-20(30)25-14-5-7-15(8-6-14)33-22-16-9-18(31-3)19(32-4)10-17(16)23-12-24-22/h5-10,12-13H,11H2,1-4H3,(H,25,30). The van der Waals surface area contributed by atoms with Crippen molar-refractivity contribution in [3.05, 3.63) is 48.5 Å². The number of hydrogen-bond donors (Lipinski definition) is 1. The predicted molar refractivity (Wildman–Crippen MR) is 120 cm³/mol. The summed E-state index contributed by atoms with van der Waals surface area (Å²) in [4.78, 5) is 22.1. The Morgan fingerprint density at radius 2 is 1.79 bits per heavy atom. The molecule has 0 aliphatic heterocycles. The van der Waals surface area contributed by atoms with Gasteiger partial charge in [-0.25, -0.2) is 9.97 Å². The number of amides is 1. The van der Waals surface area contributed by atoms with E-state index in [1.54, 1.807) is 50.6 Å². The first-order valence-corrected chi connectivity index (χ1v) is 10.2. The van der Waals surface area contributed by atoms with Gasteiger partial charge in [0, 0.05) is 17.7 Å². The molecule has 0 atom stereocenters. The minimum Gasteiger partial charge on any atom is -0.493 e. The quantitative estimate of drug-likeness (QED) is 0.431. The minimum atomic E-state index is -0.265. The van der Waals surface area contributed by atoms with E-state index in [0.29, 0.717) is 45.5 Å². The highest BCUT2D eigenvalue weighted by atomic mass is 16.5. The summed E-state index contributed by atoms with van der Waals surface area (Å²) in [6, 6.07) is 10.4. The maximum atomic E-state index is 12.3. The van der Waals surface area contributed by atoms with Crippen molar-refractivity contribution in [3.8, 4) is 23.1 Å². The zero-order valence-electron chi connectivity index (χ0n) is 18.6. The number of rotatable bonds is 8. The molecule has 0 unspecified atom stereocenters. The SMILES string of the molecule is COc1cc2ncnc(Oc3ccc(NC(=O)Cn4nnc(C(C)C)n4)cc3)c2cc1OC. The Balaban J connectivity index is 1.45. The zero-order chi connectivity index (χ0) is 23.4. The molecule has 4 rings (SSSR count). The molecule has 4 aromatic rings. The lowest BCUT2D eigenvalue weighted by Crippen LogP contribution is -2.20. The van der Waals surface area contributed by atoms with Crippen LogP contribution in [0.15, 0.2) is 42.7 Å². The molecule has 0 radical (unpaired) electrons. The molecule has 2 heterocycles. The van der Waals surface area contributed by atoms with Gasteiger partial charge in [-0.3, -0.25) is 4.79 Å². The smallest absolute Gasteiger partial charge is 0.248 e. The van der Waals surface area contributed by atoms with Crippen LogP contribution in [0.25, 0.3) is 10.9 Å². The number of methoxy groups -OCH3 is 2. The van der Waals surface area contributed by atoms with Crippen LogP contribution in [0.5, 0.6) is 23.1 Å². The van der Waals surface area contributed by atoms with Gasteiger partial charge in [-0.15, -0.1) is 10.2 Å². The van der Waals surface area contributed by atoms with Gasteiger partial charge in [0.2, 0.25) is 11.8 Å². The van der Waals surface area contributed by atoms with E-state index in [9.17, 15) is 4.79 Å². The van der Waals surface area contributed by atoms with E-state index in [-0.39, 0.29) is 18.4 Å². The number of anilines is 1. The molecule has 1 N–H and O–H groups in total. The maximum Gasteiger partial charge on any atom is 0.248 e. The minimum absolute atomic E-state index is 0.0316. The second-order valence-electron chi connectivity index (χ2n) is 7.41. The van der Waals surface area contributed by atoms with Crippen LogP contribution in [-0.2, 0) is 11.3 Å². The predicted octanol–water partition coefficient (Wildman–Crippen LogP) is 3.19. The molecular weight excluding hydrogens is 426 g/mol. The Labute approximate surface area is 189 Å². The third-order valence-corrected chi connectivity index (χ3v) is 4.73. The largest absolute Gasteiger partial charge is 0.493 e. The molecule has 11 heteroatoms. The van der Waals surface area contributed by atoms with E-state index in [1.165, 1.54) is 11.1 Å². The van der Waals surface area contributed by atoms with Crippen molar-refractivity contribution >= 4 is 22.5 Å². The fourth-order valence-corrected chi connectivity index (χ4v) is 3.04. The summed E-state index contributed by atoms with van der Waals surface area (Å²) in [6.07, 6.45) is 1.42.